The van der Waals surface area contributed by atoms with Crippen LogP contribution in [0.1, 0.15) is 31.1 Å². The van der Waals surface area contributed by atoms with E-state index in [0.717, 1.165) is 18.3 Å². The van der Waals surface area contributed by atoms with Gasteiger partial charge in [0.2, 0.25) is 5.75 Å². The molecule has 0 aliphatic rings. The van der Waals surface area contributed by atoms with Crippen LogP contribution in [-0.4, -0.2) is 27.5 Å². The summed E-state index contributed by atoms with van der Waals surface area (Å²) in [4.78, 5) is 38.8. The summed E-state index contributed by atoms with van der Waals surface area (Å²) in [7, 11) is 0. The van der Waals surface area contributed by atoms with Crippen LogP contribution in [0, 0.1) is 15.9 Å². The van der Waals surface area contributed by atoms with Crippen LogP contribution < -0.4 is 15.4 Å². The summed E-state index contributed by atoms with van der Waals surface area (Å²) in [5, 5.41) is 16.5. The fraction of sp³-hybridized carbons (Fsp3) is 0.174. The number of aromatic nitrogens is 1. The second-order valence-electron chi connectivity index (χ2n) is 8.01. The van der Waals surface area contributed by atoms with Crippen LogP contribution in [0.15, 0.2) is 60.8 Å². The average Bonchev–Trinajstić information content (AvgIpc) is 2.75. The molecule has 0 spiro atoms. The minimum Gasteiger partial charge on any atom is -0.450 e. The SMILES string of the molecule is CC(C)(C)OC(=O)Nc1ccc(Oc2ccc(C(=O)Nc3ccc(F)cn3)cc2[N+](=O)[O-])cc1. The zero-order valence-electron chi connectivity index (χ0n) is 18.5. The third-order valence-electron chi connectivity index (χ3n) is 4.11. The van der Waals surface area contributed by atoms with Gasteiger partial charge in [0.15, 0.2) is 0 Å². The highest BCUT2D eigenvalue weighted by Crippen LogP contribution is 2.33. The molecule has 0 saturated carbocycles. The van der Waals surface area contributed by atoms with E-state index in [1.807, 2.05) is 0 Å². The smallest absolute Gasteiger partial charge is 0.412 e. The number of rotatable bonds is 6. The first kappa shape index (κ1) is 24.1. The van der Waals surface area contributed by atoms with Crippen molar-refractivity contribution in [1.82, 2.24) is 4.98 Å². The number of nitrogens with zero attached hydrogens (tertiary/aromatic N) is 2. The molecule has 0 fully saturated rings. The van der Waals surface area contributed by atoms with E-state index in [2.05, 4.69) is 15.6 Å². The Morgan fingerprint density at radius 1 is 1.03 bits per heavy atom. The van der Waals surface area contributed by atoms with Crippen molar-refractivity contribution in [3.63, 3.8) is 0 Å². The number of nitro groups is 1. The highest BCUT2D eigenvalue weighted by atomic mass is 19.1. The van der Waals surface area contributed by atoms with Gasteiger partial charge in [0.1, 0.15) is 23.0 Å². The summed E-state index contributed by atoms with van der Waals surface area (Å²) in [6.45, 7) is 5.22. The van der Waals surface area contributed by atoms with Gasteiger partial charge in [-0.3, -0.25) is 20.2 Å². The lowest BCUT2D eigenvalue weighted by molar-refractivity contribution is -0.385. The lowest BCUT2D eigenvalue weighted by Gasteiger charge is -2.19. The van der Waals surface area contributed by atoms with Crippen molar-refractivity contribution in [3.05, 3.63) is 82.3 Å². The number of pyridine rings is 1. The number of benzene rings is 2. The monoisotopic (exact) mass is 468 g/mol. The molecule has 2 aromatic carbocycles. The highest BCUT2D eigenvalue weighted by Gasteiger charge is 2.20. The fourth-order valence-electron chi connectivity index (χ4n) is 2.68. The van der Waals surface area contributed by atoms with Crippen molar-refractivity contribution < 1.29 is 28.4 Å². The number of nitrogens with one attached hydrogen (secondary N) is 2. The third-order valence-corrected chi connectivity index (χ3v) is 4.11. The maximum Gasteiger partial charge on any atom is 0.412 e. The summed E-state index contributed by atoms with van der Waals surface area (Å²) in [6, 6.07) is 12.2. The van der Waals surface area contributed by atoms with E-state index >= 15 is 0 Å². The zero-order chi connectivity index (χ0) is 24.9. The highest BCUT2D eigenvalue weighted by molar-refractivity contribution is 6.04. The van der Waals surface area contributed by atoms with Crippen molar-refractivity contribution >= 4 is 29.2 Å². The summed E-state index contributed by atoms with van der Waals surface area (Å²) < 4.78 is 23.7. The Balaban J connectivity index is 1.72. The molecule has 3 aromatic rings. The first-order valence-electron chi connectivity index (χ1n) is 9.99. The molecule has 1 aromatic heterocycles. The van der Waals surface area contributed by atoms with Gasteiger partial charge < -0.3 is 14.8 Å². The predicted octanol–water partition coefficient (Wildman–Crippen LogP) is 5.52. The third kappa shape index (κ3) is 6.73. The van der Waals surface area contributed by atoms with Gasteiger partial charge in [-0.15, -0.1) is 0 Å². The van der Waals surface area contributed by atoms with Crippen LogP contribution in [-0.2, 0) is 4.74 Å². The van der Waals surface area contributed by atoms with Crippen LogP contribution in [0.3, 0.4) is 0 Å². The number of carbonyl (C=O) groups is 2. The number of hydrogen-bond donors (Lipinski definition) is 2. The number of halogens is 1. The molecule has 176 valence electrons. The first-order valence-corrected chi connectivity index (χ1v) is 9.99. The number of carbonyl (C=O) groups excluding carboxylic acids is 2. The Bertz CT molecular complexity index is 1210. The Morgan fingerprint density at radius 2 is 1.74 bits per heavy atom. The molecule has 2 amide bonds. The predicted molar refractivity (Wildman–Crippen MR) is 122 cm³/mol. The van der Waals surface area contributed by atoms with Crippen LogP contribution in [0.5, 0.6) is 11.5 Å². The maximum absolute atomic E-state index is 13.0. The standard InChI is InChI=1S/C23H21FN4O6/c1-23(2,3)34-22(30)26-16-6-8-17(9-7-16)33-19-10-4-14(12-18(19)28(31)32)21(29)27-20-11-5-15(24)13-25-20/h4-13H,1-3H3,(H,26,30)(H,25,27,29). The normalized spacial score (nSPS) is 10.8. The molecule has 34 heavy (non-hydrogen) atoms. The lowest BCUT2D eigenvalue weighted by atomic mass is 10.1. The van der Waals surface area contributed by atoms with E-state index in [4.69, 9.17) is 9.47 Å². The van der Waals surface area contributed by atoms with Crippen molar-refractivity contribution in [2.75, 3.05) is 10.6 Å². The molecule has 10 nitrogen and oxygen atoms in total. The molecule has 1 heterocycles. The number of amides is 2. The van der Waals surface area contributed by atoms with E-state index in [-0.39, 0.29) is 22.9 Å². The fourth-order valence-corrected chi connectivity index (χ4v) is 2.68. The van der Waals surface area contributed by atoms with Gasteiger partial charge in [-0.05, 0) is 69.3 Å². The van der Waals surface area contributed by atoms with Crippen molar-refractivity contribution in [1.29, 1.82) is 0 Å². The molecule has 0 bridgehead atoms. The quantitative estimate of drug-likeness (QED) is 0.359. The van der Waals surface area contributed by atoms with Gasteiger partial charge in [-0.2, -0.15) is 0 Å². The Labute approximate surface area is 193 Å². The minimum absolute atomic E-state index is 0.0120. The molecular weight excluding hydrogens is 447 g/mol. The molecule has 2 N–H and O–H groups in total. The van der Waals surface area contributed by atoms with Crippen molar-refractivity contribution in [2.45, 2.75) is 26.4 Å². The molecule has 0 saturated heterocycles. The number of nitro benzene ring substituents is 1. The lowest BCUT2D eigenvalue weighted by Crippen LogP contribution is -2.27. The molecule has 0 radical (unpaired) electrons. The van der Waals surface area contributed by atoms with Gasteiger partial charge in [0, 0.05) is 17.3 Å². The largest absolute Gasteiger partial charge is 0.450 e. The van der Waals surface area contributed by atoms with E-state index in [9.17, 15) is 24.1 Å². The Morgan fingerprint density at radius 3 is 2.32 bits per heavy atom. The van der Waals surface area contributed by atoms with Gasteiger partial charge in [0.25, 0.3) is 5.91 Å². The molecule has 0 unspecified atom stereocenters. The molecular formula is C23H21FN4O6. The Kier molecular flexibility index (Phi) is 7.05. The van der Waals surface area contributed by atoms with E-state index in [1.54, 1.807) is 32.9 Å². The summed E-state index contributed by atoms with van der Waals surface area (Å²) in [5.41, 5.74) is -0.653. The summed E-state index contributed by atoms with van der Waals surface area (Å²) >= 11 is 0. The number of anilines is 2. The van der Waals surface area contributed by atoms with Crippen LogP contribution in [0.25, 0.3) is 0 Å². The molecule has 0 atom stereocenters. The van der Waals surface area contributed by atoms with Crippen LogP contribution in [0.4, 0.5) is 26.4 Å². The Hall–Kier alpha value is -4.54. The van der Waals surface area contributed by atoms with Crippen LogP contribution >= 0.6 is 0 Å². The summed E-state index contributed by atoms with van der Waals surface area (Å²) in [6.07, 6.45) is 0.310. The average molecular weight is 468 g/mol. The second kappa shape index (κ2) is 9.94. The van der Waals surface area contributed by atoms with Gasteiger partial charge >= 0.3 is 11.8 Å². The van der Waals surface area contributed by atoms with Crippen LogP contribution in [0.2, 0.25) is 0 Å². The summed E-state index contributed by atoms with van der Waals surface area (Å²) in [5.74, 6) is -0.954. The molecule has 3 rings (SSSR count). The molecule has 11 heteroatoms. The zero-order valence-corrected chi connectivity index (χ0v) is 18.5. The van der Waals surface area contributed by atoms with Gasteiger partial charge in [-0.25, -0.2) is 14.2 Å². The number of hydrogen-bond acceptors (Lipinski definition) is 7. The number of ether oxygens (including phenoxy) is 2. The second-order valence-corrected chi connectivity index (χ2v) is 8.01. The van der Waals surface area contributed by atoms with E-state index in [0.29, 0.717) is 5.69 Å². The van der Waals surface area contributed by atoms with Crippen molar-refractivity contribution in [2.24, 2.45) is 0 Å². The first-order chi connectivity index (χ1) is 16.0. The maximum atomic E-state index is 13.0. The molecule has 0 aliphatic heterocycles. The van der Waals surface area contributed by atoms with E-state index in [1.165, 1.54) is 30.3 Å². The van der Waals surface area contributed by atoms with E-state index < -0.39 is 34.0 Å². The van der Waals surface area contributed by atoms with Crippen molar-refractivity contribution in [3.8, 4) is 11.5 Å². The molecule has 0 aliphatic carbocycles. The topological polar surface area (TPSA) is 133 Å². The van der Waals surface area contributed by atoms with Gasteiger partial charge in [-0.1, -0.05) is 0 Å². The van der Waals surface area contributed by atoms with Gasteiger partial charge in [0.05, 0.1) is 11.1 Å². The minimum atomic E-state index is -0.680.